The molecule has 0 bridgehead atoms. The standard InChI is InChI=1S/C12H12Cl2INO3/c1-6(2-3-10(17)18)16-12(19)8-4-7(13)5-9(14)11(8)15/h4-6H,2-3H2,1H3,(H,16,19)(H,17,18). The number of nitrogens with one attached hydrogen (secondary N) is 1. The van der Waals surface area contributed by atoms with Gasteiger partial charge in [-0.2, -0.15) is 0 Å². The van der Waals surface area contributed by atoms with E-state index in [0.717, 1.165) is 0 Å². The number of amides is 1. The molecule has 0 aromatic heterocycles. The number of hydrogen-bond acceptors (Lipinski definition) is 2. The Kier molecular flexibility index (Phi) is 6.35. The van der Waals surface area contributed by atoms with Crippen LogP contribution in [0.3, 0.4) is 0 Å². The van der Waals surface area contributed by atoms with Crippen LogP contribution in [0.5, 0.6) is 0 Å². The Bertz CT molecular complexity index is 508. The number of carbonyl (C=O) groups excluding carboxylic acids is 1. The van der Waals surface area contributed by atoms with Gasteiger partial charge in [0, 0.05) is 21.1 Å². The molecule has 0 fully saturated rings. The molecule has 1 aromatic rings. The molecule has 1 amide bonds. The molecule has 0 aliphatic rings. The highest BCUT2D eigenvalue weighted by molar-refractivity contribution is 14.1. The molecule has 1 unspecified atom stereocenters. The Labute approximate surface area is 134 Å². The van der Waals surface area contributed by atoms with Gasteiger partial charge in [-0.25, -0.2) is 0 Å². The van der Waals surface area contributed by atoms with Crippen molar-refractivity contribution in [1.29, 1.82) is 0 Å². The van der Waals surface area contributed by atoms with Crippen LogP contribution in [-0.4, -0.2) is 23.0 Å². The van der Waals surface area contributed by atoms with Gasteiger partial charge < -0.3 is 10.4 Å². The first-order valence-electron chi connectivity index (χ1n) is 5.48. The van der Waals surface area contributed by atoms with Crippen LogP contribution in [-0.2, 0) is 4.79 Å². The first kappa shape index (κ1) is 16.5. The lowest BCUT2D eigenvalue weighted by molar-refractivity contribution is -0.137. The fourth-order valence-electron chi connectivity index (χ4n) is 1.43. The van der Waals surface area contributed by atoms with E-state index in [1.807, 2.05) is 22.6 Å². The maximum atomic E-state index is 12.0. The van der Waals surface area contributed by atoms with Crippen LogP contribution in [0, 0.1) is 3.57 Å². The molecular weight excluding hydrogens is 404 g/mol. The predicted octanol–water partition coefficient (Wildman–Crippen LogP) is 3.58. The average molecular weight is 416 g/mol. The number of halogens is 3. The van der Waals surface area contributed by atoms with Crippen molar-refractivity contribution in [2.24, 2.45) is 0 Å². The largest absolute Gasteiger partial charge is 0.481 e. The van der Waals surface area contributed by atoms with Crippen LogP contribution in [0.4, 0.5) is 0 Å². The predicted molar refractivity (Wildman–Crippen MR) is 83.0 cm³/mol. The van der Waals surface area contributed by atoms with Gasteiger partial charge in [-0.3, -0.25) is 9.59 Å². The molecule has 0 heterocycles. The Hall–Kier alpha value is -0.530. The summed E-state index contributed by atoms with van der Waals surface area (Å²) in [5.41, 5.74) is 0.389. The van der Waals surface area contributed by atoms with Crippen molar-refractivity contribution in [2.75, 3.05) is 0 Å². The van der Waals surface area contributed by atoms with Gasteiger partial charge in [-0.05, 0) is 48.1 Å². The normalized spacial score (nSPS) is 12.0. The molecular formula is C12H12Cl2INO3. The molecule has 1 aromatic carbocycles. The SMILES string of the molecule is CC(CCC(=O)O)NC(=O)c1cc(Cl)cc(Cl)c1I. The topological polar surface area (TPSA) is 66.4 Å². The smallest absolute Gasteiger partial charge is 0.303 e. The molecule has 0 radical (unpaired) electrons. The van der Waals surface area contributed by atoms with Gasteiger partial charge in [0.1, 0.15) is 0 Å². The minimum atomic E-state index is -0.888. The maximum absolute atomic E-state index is 12.0. The Balaban J connectivity index is 2.76. The highest BCUT2D eigenvalue weighted by atomic mass is 127. The number of rotatable bonds is 5. The van der Waals surface area contributed by atoms with E-state index >= 15 is 0 Å². The number of aliphatic carboxylic acids is 1. The second-order valence-corrected chi connectivity index (χ2v) is 5.98. The van der Waals surface area contributed by atoms with Crippen LogP contribution in [0.1, 0.15) is 30.1 Å². The second kappa shape index (κ2) is 7.31. The molecule has 19 heavy (non-hydrogen) atoms. The first-order chi connectivity index (χ1) is 8.81. The number of carbonyl (C=O) groups is 2. The van der Waals surface area contributed by atoms with E-state index in [-0.39, 0.29) is 18.4 Å². The van der Waals surface area contributed by atoms with E-state index < -0.39 is 5.97 Å². The van der Waals surface area contributed by atoms with Crippen molar-refractivity contribution in [1.82, 2.24) is 5.32 Å². The lowest BCUT2D eigenvalue weighted by Crippen LogP contribution is -2.33. The summed E-state index contributed by atoms with van der Waals surface area (Å²) in [4.78, 5) is 22.5. The molecule has 1 atom stereocenters. The summed E-state index contributed by atoms with van der Waals surface area (Å²) in [6, 6.07) is 2.86. The summed E-state index contributed by atoms with van der Waals surface area (Å²) in [6.07, 6.45) is 0.376. The first-order valence-corrected chi connectivity index (χ1v) is 7.32. The van der Waals surface area contributed by atoms with Crippen molar-refractivity contribution in [3.63, 3.8) is 0 Å². The Morgan fingerprint density at radius 3 is 2.63 bits per heavy atom. The third-order valence-electron chi connectivity index (χ3n) is 2.41. The minimum Gasteiger partial charge on any atom is -0.481 e. The summed E-state index contributed by atoms with van der Waals surface area (Å²) >= 11 is 13.8. The van der Waals surface area contributed by atoms with Gasteiger partial charge >= 0.3 is 5.97 Å². The molecule has 0 saturated heterocycles. The summed E-state index contributed by atoms with van der Waals surface area (Å²) in [5.74, 6) is -1.20. The molecule has 0 aliphatic carbocycles. The van der Waals surface area contributed by atoms with Gasteiger partial charge in [0.15, 0.2) is 0 Å². The van der Waals surface area contributed by atoms with Crippen molar-refractivity contribution in [3.05, 3.63) is 31.3 Å². The fourth-order valence-corrected chi connectivity index (χ4v) is 2.48. The quantitative estimate of drug-likeness (QED) is 0.570. The number of carboxylic acids is 1. The van der Waals surface area contributed by atoms with E-state index in [2.05, 4.69) is 5.32 Å². The monoisotopic (exact) mass is 415 g/mol. The summed E-state index contributed by atoms with van der Waals surface area (Å²) in [5, 5.41) is 12.1. The third-order valence-corrected chi connectivity index (χ3v) is 4.40. The van der Waals surface area contributed by atoms with Crippen LogP contribution < -0.4 is 5.32 Å². The van der Waals surface area contributed by atoms with E-state index in [9.17, 15) is 9.59 Å². The molecule has 0 aliphatic heterocycles. The number of hydrogen-bond donors (Lipinski definition) is 2. The summed E-state index contributed by atoms with van der Waals surface area (Å²) < 4.78 is 0.617. The highest BCUT2D eigenvalue weighted by Crippen LogP contribution is 2.26. The number of benzene rings is 1. The van der Waals surface area contributed by atoms with Gasteiger partial charge in [-0.1, -0.05) is 23.2 Å². The fraction of sp³-hybridized carbons (Fsp3) is 0.333. The highest BCUT2D eigenvalue weighted by Gasteiger charge is 2.16. The van der Waals surface area contributed by atoms with Crippen LogP contribution >= 0.6 is 45.8 Å². The number of carboxylic acid groups (broad SMARTS) is 1. The van der Waals surface area contributed by atoms with Gasteiger partial charge in [0.05, 0.1) is 10.6 Å². The molecule has 7 heteroatoms. The zero-order valence-electron chi connectivity index (χ0n) is 10.0. The Morgan fingerprint density at radius 1 is 1.42 bits per heavy atom. The zero-order valence-corrected chi connectivity index (χ0v) is 13.7. The molecule has 104 valence electrons. The van der Waals surface area contributed by atoms with Gasteiger partial charge in [-0.15, -0.1) is 0 Å². The van der Waals surface area contributed by atoms with Crippen molar-refractivity contribution in [2.45, 2.75) is 25.8 Å². The Morgan fingerprint density at radius 2 is 2.05 bits per heavy atom. The third kappa shape index (κ3) is 5.16. The zero-order chi connectivity index (χ0) is 14.6. The van der Waals surface area contributed by atoms with E-state index in [1.54, 1.807) is 13.0 Å². The van der Waals surface area contributed by atoms with Gasteiger partial charge in [0.2, 0.25) is 0 Å². The lowest BCUT2D eigenvalue weighted by Gasteiger charge is -2.14. The van der Waals surface area contributed by atoms with Crippen LogP contribution in [0.25, 0.3) is 0 Å². The molecule has 1 rings (SSSR count). The second-order valence-electron chi connectivity index (χ2n) is 4.06. The summed E-state index contributed by atoms with van der Waals surface area (Å²) in [6.45, 7) is 1.75. The molecule has 0 saturated carbocycles. The molecule has 0 spiro atoms. The van der Waals surface area contributed by atoms with Crippen molar-refractivity contribution in [3.8, 4) is 0 Å². The molecule has 4 nitrogen and oxygen atoms in total. The lowest BCUT2D eigenvalue weighted by atomic mass is 10.1. The minimum absolute atomic E-state index is 0.00877. The van der Waals surface area contributed by atoms with E-state index in [0.29, 0.717) is 25.6 Å². The van der Waals surface area contributed by atoms with Crippen molar-refractivity contribution >= 4 is 57.7 Å². The van der Waals surface area contributed by atoms with Crippen LogP contribution in [0.2, 0.25) is 10.0 Å². The summed E-state index contributed by atoms with van der Waals surface area (Å²) in [7, 11) is 0. The van der Waals surface area contributed by atoms with E-state index in [1.165, 1.54) is 6.07 Å². The van der Waals surface area contributed by atoms with Crippen molar-refractivity contribution < 1.29 is 14.7 Å². The van der Waals surface area contributed by atoms with Crippen LogP contribution in [0.15, 0.2) is 12.1 Å². The van der Waals surface area contributed by atoms with E-state index in [4.69, 9.17) is 28.3 Å². The van der Waals surface area contributed by atoms with Gasteiger partial charge in [0.25, 0.3) is 5.91 Å². The molecule has 2 N–H and O–H groups in total. The average Bonchev–Trinajstić information content (AvgIpc) is 2.31. The maximum Gasteiger partial charge on any atom is 0.303 e.